The van der Waals surface area contributed by atoms with Crippen molar-refractivity contribution in [3.05, 3.63) is 0 Å². The van der Waals surface area contributed by atoms with Gasteiger partial charge in [0.05, 0.1) is 0 Å². The molecule has 1 aliphatic heterocycles. The largest absolute Gasteiger partial charge is 0.314 e. The van der Waals surface area contributed by atoms with Gasteiger partial charge in [0, 0.05) is 12.6 Å². The standard InChI is InChI=1S/C7H15N.C3H8.C2H6/c1-6-4-7(2,3)5-8-6;1-3-2;1-2/h6,8H,4-5H2,1-3H3;3H2,1-2H3;1-2H3. The van der Waals surface area contributed by atoms with Gasteiger partial charge in [-0.1, -0.05) is 48.0 Å². The van der Waals surface area contributed by atoms with Gasteiger partial charge in [0.15, 0.2) is 0 Å². The van der Waals surface area contributed by atoms with Gasteiger partial charge < -0.3 is 5.32 Å². The molecular weight excluding hydrogens is 158 g/mol. The van der Waals surface area contributed by atoms with Crippen LogP contribution < -0.4 is 5.32 Å². The zero-order valence-electron chi connectivity index (χ0n) is 10.7. The highest BCUT2D eigenvalue weighted by Gasteiger charge is 2.27. The molecule has 0 bridgehead atoms. The van der Waals surface area contributed by atoms with Crippen LogP contribution in [0.4, 0.5) is 0 Å². The molecule has 1 heteroatoms. The summed E-state index contributed by atoms with van der Waals surface area (Å²) in [4.78, 5) is 0. The molecule has 1 rings (SSSR count). The highest BCUT2D eigenvalue weighted by Crippen LogP contribution is 2.26. The van der Waals surface area contributed by atoms with Crippen molar-refractivity contribution in [3.63, 3.8) is 0 Å². The van der Waals surface area contributed by atoms with Gasteiger partial charge in [-0.15, -0.1) is 0 Å². The molecule has 1 N–H and O–H groups in total. The molecule has 1 aliphatic rings. The molecule has 0 aromatic heterocycles. The monoisotopic (exact) mass is 187 g/mol. The van der Waals surface area contributed by atoms with Crippen LogP contribution in [0.3, 0.4) is 0 Å². The second-order valence-corrected chi connectivity index (χ2v) is 4.36. The van der Waals surface area contributed by atoms with Crippen molar-refractivity contribution in [1.82, 2.24) is 5.32 Å². The Kier molecular flexibility index (Phi) is 10.2. The van der Waals surface area contributed by atoms with E-state index in [4.69, 9.17) is 0 Å². The maximum Gasteiger partial charge on any atom is 0.00445 e. The van der Waals surface area contributed by atoms with Crippen LogP contribution in [0.2, 0.25) is 0 Å². The molecule has 13 heavy (non-hydrogen) atoms. The van der Waals surface area contributed by atoms with Crippen molar-refractivity contribution in [2.45, 2.75) is 67.3 Å². The van der Waals surface area contributed by atoms with Gasteiger partial charge in [0.1, 0.15) is 0 Å². The number of rotatable bonds is 0. The molecule has 1 atom stereocenters. The summed E-state index contributed by atoms with van der Waals surface area (Å²) in [5, 5.41) is 3.41. The Morgan fingerprint density at radius 3 is 1.69 bits per heavy atom. The van der Waals surface area contributed by atoms with E-state index in [0.717, 1.165) is 6.04 Å². The van der Waals surface area contributed by atoms with E-state index >= 15 is 0 Å². The molecule has 1 fully saturated rings. The molecule has 0 aliphatic carbocycles. The molecule has 0 aromatic carbocycles. The average Bonchev–Trinajstić information content (AvgIpc) is 2.35. The Bertz CT molecular complexity index is 97.3. The van der Waals surface area contributed by atoms with Gasteiger partial charge in [-0.3, -0.25) is 0 Å². The first kappa shape index (κ1) is 15.4. The minimum absolute atomic E-state index is 0.555. The predicted molar refractivity (Wildman–Crippen MR) is 63.2 cm³/mol. The predicted octanol–water partition coefficient (Wildman–Crippen LogP) is 3.84. The highest BCUT2D eigenvalue weighted by molar-refractivity contribution is 4.84. The van der Waals surface area contributed by atoms with Crippen LogP contribution in [-0.4, -0.2) is 12.6 Å². The third-order valence-electron chi connectivity index (χ3n) is 1.79. The van der Waals surface area contributed by atoms with Crippen molar-refractivity contribution in [2.75, 3.05) is 6.54 Å². The summed E-state index contributed by atoms with van der Waals surface area (Å²) >= 11 is 0. The fraction of sp³-hybridized carbons (Fsp3) is 1.00. The lowest BCUT2D eigenvalue weighted by atomic mass is 9.91. The van der Waals surface area contributed by atoms with Crippen molar-refractivity contribution in [3.8, 4) is 0 Å². The molecule has 1 unspecified atom stereocenters. The van der Waals surface area contributed by atoms with Crippen LogP contribution in [0.1, 0.15) is 61.3 Å². The number of hydrogen-bond donors (Lipinski definition) is 1. The Morgan fingerprint density at radius 1 is 1.23 bits per heavy atom. The zero-order chi connectivity index (χ0) is 10.9. The van der Waals surface area contributed by atoms with E-state index < -0.39 is 0 Å². The summed E-state index contributed by atoms with van der Waals surface area (Å²) in [6, 6.07) is 0.741. The highest BCUT2D eigenvalue weighted by atomic mass is 15.0. The number of nitrogens with one attached hydrogen (secondary N) is 1. The Balaban J connectivity index is 0. The summed E-state index contributed by atoms with van der Waals surface area (Å²) < 4.78 is 0. The lowest BCUT2D eigenvalue weighted by Gasteiger charge is -2.13. The van der Waals surface area contributed by atoms with E-state index in [0.29, 0.717) is 5.41 Å². The van der Waals surface area contributed by atoms with E-state index in [1.54, 1.807) is 0 Å². The van der Waals surface area contributed by atoms with Crippen LogP contribution in [0.25, 0.3) is 0 Å². The molecule has 0 spiro atoms. The smallest absolute Gasteiger partial charge is 0.00445 e. The molecule has 0 amide bonds. The zero-order valence-corrected chi connectivity index (χ0v) is 10.7. The van der Waals surface area contributed by atoms with E-state index in [9.17, 15) is 0 Å². The van der Waals surface area contributed by atoms with E-state index in [-0.39, 0.29) is 0 Å². The first-order valence-electron chi connectivity index (χ1n) is 5.75. The van der Waals surface area contributed by atoms with Crippen molar-refractivity contribution in [2.24, 2.45) is 5.41 Å². The van der Waals surface area contributed by atoms with Crippen LogP contribution in [-0.2, 0) is 0 Å². The Morgan fingerprint density at radius 2 is 1.62 bits per heavy atom. The molecule has 82 valence electrons. The molecular formula is C12H29N. The van der Waals surface area contributed by atoms with Gasteiger partial charge in [0.25, 0.3) is 0 Å². The van der Waals surface area contributed by atoms with Crippen LogP contribution in [0, 0.1) is 5.41 Å². The summed E-state index contributed by atoms with van der Waals surface area (Å²) in [6.45, 7) is 16.3. The Labute approximate surface area is 85.3 Å². The van der Waals surface area contributed by atoms with E-state index in [2.05, 4.69) is 39.9 Å². The van der Waals surface area contributed by atoms with Crippen molar-refractivity contribution < 1.29 is 0 Å². The first-order valence-corrected chi connectivity index (χ1v) is 5.75. The summed E-state index contributed by atoms with van der Waals surface area (Å²) in [5.74, 6) is 0. The molecule has 0 saturated carbocycles. The van der Waals surface area contributed by atoms with Gasteiger partial charge in [-0.05, 0) is 18.8 Å². The normalized spacial score (nSPS) is 23.8. The minimum Gasteiger partial charge on any atom is -0.314 e. The second kappa shape index (κ2) is 8.55. The number of hydrogen-bond acceptors (Lipinski definition) is 1. The first-order chi connectivity index (χ1) is 6.02. The lowest BCUT2D eigenvalue weighted by Crippen LogP contribution is -2.18. The summed E-state index contributed by atoms with van der Waals surface area (Å²) in [5.41, 5.74) is 0.555. The molecule has 1 saturated heterocycles. The minimum atomic E-state index is 0.555. The molecule has 1 heterocycles. The van der Waals surface area contributed by atoms with Gasteiger partial charge >= 0.3 is 0 Å². The van der Waals surface area contributed by atoms with Crippen LogP contribution >= 0.6 is 0 Å². The molecule has 0 radical (unpaired) electrons. The Hall–Kier alpha value is -0.0400. The fourth-order valence-corrected chi connectivity index (χ4v) is 1.42. The lowest BCUT2D eigenvalue weighted by molar-refractivity contribution is 0.405. The van der Waals surface area contributed by atoms with Gasteiger partial charge in [-0.2, -0.15) is 0 Å². The van der Waals surface area contributed by atoms with Gasteiger partial charge in [0.2, 0.25) is 0 Å². The third-order valence-corrected chi connectivity index (χ3v) is 1.79. The molecule has 1 nitrogen and oxygen atoms in total. The maximum absolute atomic E-state index is 3.41. The topological polar surface area (TPSA) is 12.0 Å². The maximum atomic E-state index is 3.41. The average molecular weight is 187 g/mol. The van der Waals surface area contributed by atoms with Crippen molar-refractivity contribution >= 4 is 0 Å². The summed E-state index contributed by atoms with van der Waals surface area (Å²) in [7, 11) is 0. The fourth-order valence-electron chi connectivity index (χ4n) is 1.42. The van der Waals surface area contributed by atoms with Crippen LogP contribution in [0.15, 0.2) is 0 Å². The quantitative estimate of drug-likeness (QED) is 0.607. The van der Waals surface area contributed by atoms with E-state index in [1.807, 2.05) is 13.8 Å². The SMILES string of the molecule is CC.CC1CC(C)(C)CN1.CCC. The van der Waals surface area contributed by atoms with E-state index in [1.165, 1.54) is 19.4 Å². The third kappa shape index (κ3) is 9.88. The second-order valence-electron chi connectivity index (χ2n) is 4.36. The van der Waals surface area contributed by atoms with Crippen LogP contribution in [0.5, 0.6) is 0 Å². The van der Waals surface area contributed by atoms with Gasteiger partial charge in [-0.25, -0.2) is 0 Å². The molecule has 0 aromatic rings. The summed E-state index contributed by atoms with van der Waals surface area (Å²) in [6.07, 6.45) is 2.58. The van der Waals surface area contributed by atoms with Crippen molar-refractivity contribution in [1.29, 1.82) is 0 Å².